The van der Waals surface area contributed by atoms with Crippen molar-refractivity contribution in [2.24, 2.45) is 0 Å². The number of rotatable bonds is 17. The van der Waals surface area contributed by atoms with E-state index in [0.29, 0.717) is 13.2 Å². The standard InChI is InChI=1S/C27H42N2O2.2ClH/c1-4-7-18-29(19-8-5-2)20-12-17-28-22-25-15-16-26(27(21-25)30-6-3)31-23-24-13-10-9-11-14-24;;/h9-11,13-16,21,28H,4-8,12,17-20,22-23H2,1-3H3;2*1H. The SMILES string of the molecule is CCCCN(CCCC)CCCNCc1ccc(OCc2ccccc2)c(OCC)c1.Cl.Cl. The average molecular weight is 500 g/mol. The Labute approximate surface area is 214 Å². The van der Waals surface area contributed by atoms with Crippen LogP contribution in [0.1, 0.15) is 64.0 Å². The number of ether oxygens (including phenoxy) is 2. The zero-order valence-electron chi connectivity index (χ0n) is 20.7. The largest absolute Gasteiger partial charge is 0.490 e. The van der Waals surface area contributed by atoms with Gasteiger partial charge in [-0.1, -0.05) is 63.1 Å². The molecule has 0 atom stereocenters. The van der Waals surface area contributed by atoms with Gasteiger partial charge in [-0.15, -0.1) is 24.8 Å². The van der Waals surface area contributed by atoms with Crippen molar-refractivity contribution < 1.29 is 9.47 Å². The van der Waals surface area contributed by atoms with E-state index in [9.17, 15) is 0 Å². The first-order chi connectivity index (χ1) is 15.3. The lowest BCUT2D eigenvalue weighted by atomic mass is 10.2. The molecule has 0 unspecified atom stereocenters. The second-order valence-electron chi connectivity index (χ2n) is 8.07. The van der Waals surface area contributed by atoms with Gasteiger partial charge in [0.2, 0.25) is 0 Å². The molecule has 2 aromatic rings. The molecule has 188 valence electrons. The molecule has 0 saturated heterocycles. The van der Waals surface area contributed by atoms with Gasteiger partial charge in [0, 0.05) is 6.54 Å². The minimum atomic E-state index is 0. The van der Waals surface area contributed by atoms with E-state index < -0.39 is 0 Å². The Kier molecular flexibility index (Phi) is 19.1. The van der Waals surface area contributed by atoms with E-state index in [-0.39, 0.29) is 24.8 Å². The van der Waals surface area contributed by atoms with Crippen LogP contribution >= 0.6 is 24.8 Å². The van der Waals surface area contributed by atoms with E-state index in [1.165, 1.54) is 57.3 Å². The fourth-order valence-electron chi connectivity index (χ4n) is 3.54. The van der Waals surface area contributed by atoms with Crippen LogP contribution < -0.4 is 14.8 Å². The minimum Gasteiger partial charge on any atom is -0.490 e. The molecule has 0 aliphatic heterocycles. The number of hydrogen-bond donors (Lipinski definition) is 1. The lowest BCUT2D eigenvalue weighted by molar-refractivity contribution is 0.261. The molecule has 0 saturated carbocycles. The second kappa shape index (κ2) is 20.0. The number of nitrogens with zero attached hydrogens (tertiary/aromatic N) is 1. The average Bonchev–Trinajstić information content (AvgIpc) is 2.80. The maximum atomic E-state index is 6.01. The Morgan fingerprint density at radius 2 is 1.39 bits per heavy atom. The molecule has 0 radical (unpaired) electrons. The van der Waals surface area contributed by atoms with Crippen LogP contribution in [0.15, 0.2) is 48.5 Å². The molecule has 0 spiro atoms. The maximum absolute atomic E-state index is 6.01. The fraction of sp³-hybridized carbons (Fsp3) is 0.556. The molecule has 0 fully saturated rings. The normalized spacial score (nSPS) is 10.4. The third kappa shape index (κ3) is 13.1. The zero-order chi connectivity index (χ0) is 22.2. The van der Waals surface area contributed by atoms with Gasteiger partial charge in [-0.2, -0.15) is 0 Å². The molecule has 0 amide bonds. The maximum Gasteiger partial charge on any atom is 0.161 e. The molecule has 0 heterocycles. The van der Waals surface area contributed by atoms with E-state index in [1.54, 1.807) is 0 Å². The van der Waals surface area contributed by atoms with Crippen molar-refractivity contribution in [1.29, 1.82) is 0 Å². The highest BCUT2D eigenvalue weighted by molar-refractivity contribution is 5.85. The van der Waals surface area contributed by atoms with Crippen molar-refractivity contribution in [3.8, 4) is 11.5 Å². The third-order valence-corrected chi connectivity index (χ3v) is 5.36. The summed E-state index contributed by atoms with van der Waals surface area (Å²) in [5, 5.41) is 3.59. The van der Waals surface area contributed by atoms with Gasteiger partial charge in [0.25, 0.3) is 0 Å². The Hall–Kier alpha value is -1.46. The Morgan fingerprint density at radius 3 is 2.03 bits per heavy atom. The summed E-state index contributed by atoms with van der Waals surface area (Å²) in [6.45, 7) is 13.3. The Bertz CT molecular complexity index is 709. The lowest BCUT2D eigenvalue weighted by Gasteiger charge is -2.22. The molecule has 33 heavy (non-hydrogen) atoms. The molecular weight excluding hydrogens is 455 g/mol. The highest BCUT2D eigenvalue weighted by atomic mass is 35.5. The molecule has 4 nitrogen and oxygen atoms in total. The van der Waals surface area contributed by atoms with Gasteiger partial charge < -0.3 is 19.7 Å². The second-order valence-corrected chi connectivity index (χ2v) is 8.07. The Balaban J connectivity index is 0.00000512. The van der Waals surface area contributed by atoms with Crippen molar-refractivity contribution in [3.05, 3.63) is 59.7 Å². The highest BCUT2D eigenvalue weighted by Gasteiger charge is 2.08. The van der Waals surface area contributed by atoms with Crippen molar-refractivity contribution in [2.75, 3.05) is 32.8 Å². The van der Waals surface area contributed by atoms with Gasteiger partial charge in [0.05, 0.1) is 6.61 Å². The van der Waals surface area contributed by atoms with Gasteiger partial charge in [-0.05, 0) is 75.6 Å². The van der Waals surface area contributed by atoms with Crippen LogP contribution in [0.5, 0.6) is 11.5 Å². The summed E-state index contributed by atoms with van der Waals surface area (Å²) in [5.74, 6) is 1.62. The molecule has 2 rings (SSSR count). The van der Waals surface area contributed by atoms with Crippen LogP contribution in [-0.2, 0) is 13.2 Å². The van der Waals surface area contributed by atoms with Gasteiger partial charge in [-0.3, -0.25) is 0 Å². The highest BCUT2D eigenvalue weighted by Crippen LogP contribution is 2.29. The first kappa shape index (κ1) is 31.5. The number of hydrogen-bond acceptors (Lipinski definition) is 4. The lowest BCUT2D eigenvalue weighted by Crippen LogP contribution is -2.29. The first-order valence-corrected chi connectivity index (χ1v) is 12.1. The van der Waals surface area contributed by atoms with Crippen LogP contribution in [0.2, 0.25) is 0 Å². The number of halogens is 2. The minimum absolute atomic E-state index is 0. The molecule has 0 bridgehead atoms. The molecular formula is C27H44Cl2N2O2. The van der Waals surface area contributed by atoms with E-state index in [2.05, 4.69) is 48.3 Å². The van der Waals surface area contributed by atoms with Gasteiger partial charge >= 0.3 is 0 Å². The van der Waals surface area contributed by atoms with E-state index in [4.69, 9.17) is 9.47 Å². The van der Waals surface area contributed by atoms with Crippen molar-refractivity contribution in [2.45, 2.75) is 66.0 Å². The molecule has 2 aromatic carbocycles. The van der Waals surface area contributed by atoms with Crippen LogP contribution in [-0.4, -0.2) is 37.7 Å². The van der Waals surface area contributed by atoms with Crippen LogP contribution in [0.25, 0.3) is 0 Å². The quantitative estimate of drug-likeness (QED) is 0.240. The summed E-state index contributed by atoms with van der Waals surface area (Å²) in [5.41, 5.74) is 2.38. The molecule has 0 aliphatic rings. The number of benzene rings is 2. The van der Waals surface area contributed by atoms with Gasteiger partial charge in [-0.25, -0.2) is 0 Å². The molecule has 6 heteroatoms. The topological polar surface area (TPSA) is 33.7 Å². The summed E-state index contributed by atoms with van der Waals surface area (Å²) in [4.78, 5) is 2.63. The van der Waals surface area contributed by atoms with Gasteiger partial charge in [0.15, 0.2) is 11.5 Å². The Morgan fingerprint density at radius 1 is 0.727 bits per heavy atom. The van der Waals surface area contributed by atoms with Crippen molar-refractivity contribution in [3.63, 3.8) is 0 Å². The monoisotopic (exact) mass is 498 g/mol. The smallest absolute Gasteiger partial charge is 0.161 e. The number of nitrogens with one attached hydrogen (secondary N) is 1. The van der Waals surface area contributed by atoms with Gasteiger partial charge in [0.1, 0.15) is 6.61 Å². The van der Waals surface area contributed by atoms with Crippen LogP contribution in [0.3, 0.4) is 0 Å². The van der Waals surface area contributed by atoms with Crippen molar-refractivity contribution >= 4 is 24.8 Å². The summed E-state index contributed by atoms with van der Waals surface area (Å²) < 4.78 is 11.9. The molecule has 0 aromatic heterocycles. The summed E-state index contributed by atoms with van der Waals surface area (Å²) in [7, 11) is 0. The van der Waals surface area contributed by atoms with Crippen LogP contribution in [0, 0.1) is 0 Å². The van der Waals surface area contributed by atoms with E-state index in [0.717, 1.165) is 30.2 Å². The predicted molar refractivity (Wildman–Crippen MR) is 145 cm³/mol. The summed E-state index contributed by atoms with van der Waals surface area (Å²) >= 11 is 0. The van der Waals surface area contributed by atoms with Crippen molar-refractivity contribution in [1.82, 2.24) is 10.2 Å². The first-order valence-electron chi connectivity index (χ1n) is 12.1. The number of unbranched alkanes of at least 4 members (excludes halogenated alkanes) is 2. The summed E-state index contributed by atoms with van der Waals surface area (Å²) in [6.07, 6.45) is 6.33. The fourth-order valence-corrected chi connectivity index (χ4v) is 3.54. The summed E-state index contributed by atoms with van der Waals surface area (Å²) in [6, 6.07) is 16.5. The predicted octanol–water partition coefficient (Wildman–Crippen LogP) is 6.89. The van der Waals surface area contributed by atoms with E-state index in [1.807, 2.05) is 31.2 Å². The van der Waals surface area contributed by atoms with Crippen LogP contribution in [0.4, 0.5) is 0 Å². The zero-order valence-corrected chi connectivity index (χ0v) is 22.3. The van der Waals surface area contributed by atoms with E-state index >= 15 is 0 Å². The third-order valence-electron chi connectivity index (χ3n) is 5.36. The molecule has 0 aliphatic carbocycles. The molecule has 1 N–H and O–H groups in total.